The number of hydrogen-bond acceptors (Lipinski definition) is 3. The zero-order valence-corrected chi connectivity index (χ0v) is 14.5. The zero-order valence-electron chi connectivity index (χ0n) is 14.5. The fraction of sp³-hybridized carbons (Fsp3) is 0.368. The minimum atomic E-state index is 0.205. The molecule has 6 heteroatoms. The normalized spacial score (nSPS) is 13.6. The summed E-state index contributed by atoms with van der Waals surface area (Å²) in [4.78, 5) is 18.4. The van der Waals surface area contributed by atoms with Gasteiger partial charge in [-0.1, -0.05) is 24.3 Å². The van der Waals surface area contributed by atoms with E-state index in [1.807, 2.05) is 29.2 Å². The lowest BCUT2D eigenvalue weighted by atomic mass is 10.1. The van der Waals surface area contributed by atoms with E-state index in [0.717, 1.165) is 25.3 Å². The maximum Gasteiger partial charge on any atom is 0.223 e. The van der Waals surface area contributed by atoms with E-state index in [4.69, 9.17) is 4.42 Å². The van der Waals surface area contributed by atoms with Crippen LogP contribution in [0.3, 0.4) is 0 Å². The molecule has 6 nitrogen and oxygen atoms in total. The van der Waals surface area contributed by atoms with Crippen LogP contribution in [0.25, 0.3) is 0 Å². The third kappa shape index (κ3) is 4.62. The molecule has 1 aliphatic rings. The Bertz CT molecular complexity index is 700. The van der Waals surface area contributed by atoms with E-state index < -0.39 is 0 Å². The van der Waals surface area contributed by atoms with Gasteiger partial charge in [-0.25, -0.2) is 0 Å². The number of aliphatic imine (C=N–C) groups is 1. The van der Waals surface area contributed by atoms with Crippen molar-refractivity contribution in [2.45, 2.75) is 32.5 Å². The van der Waals surface area contributed by atoms with Gasteiger partial charge in [0, 0.05) is 33.1 Å². The topological polar surface area (TPSA) is 69.9 Å². The summed E-state index contributed by atoms with van der Waals surface area (Å²) >= 11 is 0. The Hall–Kier alpha value is -2.76. The molecule has 2 N–H and O–H groups in total. The van der Waals surface area contributed by atoms with Gasteiger partial charge in [-0.3, -0.25) is 9.79 Å². The van der Waals surface area contributed by atoms with Gasteiger partial charge < -0.3 is 20.0 Å². The highest BCUT2D eigenvalue weighted by atomic mass is 16.3. The summed E-state index contributed by atoms with van der Waals surface area (Å²) in [5.74, 6) is 1.76. The van der Waals surface area contributed by atoms with Gasteiger partial charge in [0.1, 0.15) is 5.76 Å². The average Bonchev–Trinajstić information content (AvgIpc) is 3.30. The number of guanidine groups is 1. The lowest BCUT2D eigenvalue weighted by Gasteiger charge is -2.16. The first-order valence-electron chi connectivity index (χ1n) is 8.57. The minimum Gasteiger partial charge on any atom is -0.467 e. The van der Waals surface area contributed by atoms with Gasteiger partial charge >= 0.3 is 0 Å². The highest BCUT2D eigenvalue weighted by Crippen LogP contribution is 2.22. The van der Waals surface area contributed by atoms with Crippen molar-refractivity contribution in [2.75, 3.05) is 13.6 Å². The molecule has 2 heterocycles. The number of rotatable bonds is 6. The Balaban J connectivity index is 1.34. The SMILES string of the molecule is CN=C(NCCCC(=O)N1Cc2ccccc2C1)NCc1ccco1. The molecule has 0 bridgehead atoms. The van der Waals surface area contributed by atoms with Crippen molar-refractivity contribution in [1.29, 1.82) is 0 Å². The maximum absolute atomic E-state index is 12.3. The van der Waals surface area contributed by atoms with Gasteiger partial charge in [0.2, 0.25) is 5.91 Å². The van der Waals surface area contributed by atoms with Crippen molar-refractivity contribution in [1.82, 2.24) is 15.5 Å². The first kappa shape index (κ1) is 17.1. The van der Waals surface area contributed by atoms with Gasteiger partial charge in [-0.2, -0.15) is 0 Å². The fourth-order valence-electron chi connectivity index (χ4n) is 2.92. The van der Waals surface area contributed by atoms with E-state index in [1.165, 1.54) is 11.1 Å². The molecule has 1 aromatic carbocycles. The monoisotopic (exact) mass is 340 g/mol. The largest absolute Gasteiger partial charge is 0.467 e. The quantitative estimate of drug-likeness (QED) is 0.481. The summed E-state index contributed by atoms with van der Waals surface area (Å²) in [5.41, 5.74) is 2.52. The predicted octanol–water partition coefficient (Wildman–Crippen LogP) is 2.27. The Morgan fingerprint density at radius 3 is 2.56 bits per heavy atom. The van der Waals surface area contributed by atoms with Gasteiger partial charge in [-0.05, 0) is 29.7 Å². The Kier molecular flexibility index (Phi) is 5.72. The standard InChI is InChI=1S/C19H24N4O2/c1-20-19(22-12-17-8-5-11-25-17)21-10-4-9-18(24)23-13-15-6-2-3-7-16(15)14-23/h2-3,5-8,11H,4,9-10,12-14H2,1H3,(H2,20,21,22). The number of hydrogen-bond donors (Lipinski definition) is 2. The number of nitrogens with zero attached hydrogens (tertiary/aromatic N) is 2. The van der Waals surface area contributed by atoms with Crippen molar-refractivity contribution in [3.63, 3.8) is 0 Å². The summed E-state index contributed by atoms with van der Waals surface area (Å²) in [6, 6.07) is 12.0. The van der Waals surface area contributed by atoms with Crippen LogP contribution in [0, 0.1) is 0 Å². The lowest BCUT2D eigenvalue weighted by molar-refractivity contribution is -0.131. The molecule has 25 heavy (non-hydrogen) atoms. The second kappa shape index (κ2) is 8.37. The maximum atomic E-state index is 12.3. The molecule has 0 atom stereocenters. The molecule has 132 valence electrons. The van der Waals surface area contributed by atoms with Crippen LogP contribution in [0.5, 0.6) is 0 Å². The summed E-state index contributed by atoms with van der Waals surface area (Å²) < 4.78 is 5.27. The minimum absolute atomic E-state index is 0.205. The molecular weight excluding hydrogens is 316 g/mol. The molecule has 1 amide bonds. The molecule has 2 aromatic rings. The van der Waals surface area contributed by atoms with Crippen LogP contribution in [0.15, 0.2) is 52.1 Å². The number of carbonyl (C=O) groups excluding carboxylic acids is 1. The molecule has 0 spiro atoms. The first-order valence-corrected chi connectivity index (χ1v) is 8.57. The van der Waals surface area contributed by atoms with Crippen LogP contribution >= 0.6 is 0 Å². The van der Waals surface area contributed by atoms with E-state index in [2.05, 4.69) is 27.8 Å². The molecule has 0 unspecified atom stereocenters. The van der Waals surface area contributed by atoms with Gasteiger partial charge in [0.15, 0.2) is 5.96 Å². The molecule has 3 rings (SSSR count). The zero-order chi connectivity index (χ0) is 17.5. The van der Waals surface area contributed by atoms with Gasteiger partial charge in [0.05, 0.1) is 12.8 Å². The van der Waals surface area contributed by atoms with Crippen molar-refractivity contribution in [3.05, 3.63) is 59.5 Å². The number of nitrogens with one attached hydrogen (secondary N) is 2. The van der Waals surface area contributed by atoms with Crippen LogP contribution < -0.4 is 10.6 Å². The molecule has 0 radical (unpaired) electrons. The molecule has 0 saturated heterocycles. The molecule has 0 fully saturated rings. The van der Waals surface area contributed by atoms with E-state index in [1.54, 1.807) is 13.3 Å². The highest BCUT2D eigenvalue weighted by Gasteiger charge is 2.22. The number of furan rings is 1. The van der Waals surface area contributed by atoms with Crippen LogP contribution in [-0.2, 0) is 24.4 Å². The molecule has 1 aromatic heterocycles. The van der Waals surface area contributed by atoms with Crippen LogP contribution in [0.1, 0.15) is 29.7 Å². The molecular formula is C19H24N4O2. The van der Waals surface area contributed by atoms with Crippen LogP contribution in [0.2, 0.25) is 0 Å². The average molecular weight is 340 g/mol. The summed E-state index contributed by atoms with van der Waals surface area (Å²) in [7, 11) is 1.73. The number of carbonyl (C=O) groups is 1. The van der Waals surface area contributed by atoms with Crippen molar-refractivity contribution < 1.29 is 9.21 Å². The smallest absolute Gasteiger partial charge is 0.223 e. The van der Waals surface area contributed by atoms with Crippen molar-refractivity contribution in [2.24, 2.45) is 4.99 Å². The lowest BCUT2D eigenvalue weighted by Crippen LogP contribution is -2.37. The van der Waals surface area contributed by atoms with E-state index >= 15 is 0 Å². The Morgan fingerprint density at radius 2 is 1.92 bits per heavy atom. The summed E-state index contributed by atoms with van der Waals surface area (Å²) in [6.07, 6.45) is 2.96. The number of fused-ring (bicyclic) bond motifs is 1. The predicted molar refractivity (Wildman–Crippen MR) is 96.8 cm³/mol. The molecule has 1 aliphatic heterocycles. The number of benzene rings is 1. The Morgan fingerprint density at radius 1 is 1.16 bits per heavy atom. The van der Waals surface area contributed by atoms with Gasteiger partial charge in [-0.15, -0.1) is 0 Å². The van der Waals surface area contributed by atoms with Crippen LogP contribution in [0.4, 0.5) is 0 Å². The van der Waals surface area contributed by atoms with Gasteiger partial charge in [0.25, 0.3) is 0 Å². The van der Waals surface area contributed by atoms with Crippen LogP contribution in [-0.4, -0.2) is 30.4 Å². The second-order valence-electron chi connectivity index (χ2n) is 6.05. The van der Waals surface area contributed by atoms with E-state index in [9.17, 15) is 4.79 Å². The fourth-order valence-corrected chi connectivity index (χ4v) is 2.92. The van der Waals surface area contributed by atoms with E-state index in [0.29, 0.717) is 25.5 Å². The highest BCUT2D eigenvalue weighted by molar-refractivity contribution is 5.80. The molecule has 0 aliphatic carbocycles. The molecule has 0 saturated carbocycles. The first-order chi connectivity index (χ1) is 12.3. The van der Waals surface area contributed by atoms with E-state index in [-0.39, 0.29) is 5.91 Å². The number of amides is 1. The third-order valence-electron chi connectivity index (χ3n) is 4.29. The summed E-state index contributed by atoms with van der Waals surface area (Å²) in [5, 5.41) is 6.40. The van der Waals surface area contributed by atoms with Crippen molar-refractivity contribution in [3.8, 4) is 0 Å². The van der Waals surface area contributed by atoms with Crippen molar-refractivity contribution >= 4 is 11.9 Å². The summed E-state index contributed by atoms with van der Waals surface area (Å²) in [6.45, 7) is 2.74. The Labute approximate surface area is 147 Å². The second-order valence-corrected chi connectivity index (χ2v) is 6.05. The third-order valence-corrected chi connectivity index (χ3v) is 4.29.